The van der Waals surface area contributed by atoms with Crippen molar-refractivity contribution in [1.29, 1.82) is 0 Å². The molecule has 0 aromatic heterocycles. The van der Waals surface area contributed by atoms with E-state index in [1.165, 1.54) is 71.7 Å². The largest absolute Gasteiger partial charge is 0.309 e. The maximum absolute atomic E-state index is 2.46. The van der Waals surface area contributed by atoms with E-state index in [1.807, 2.05) is 0 Å². The first-order chi connectivity index (χ1) is 23.6. The second-order valence-corrected chi connectivity index (χ2v) is 13.4. The lowest BCUT2D eigenvalue weighted by molar-refractivity contribution is 0.660. The van der Waals surface area contributed by atoms with Crippen LogP contribution in [0.3, 0.4) is 0 Å². The summed E-state index contributed by atoms with van der Waals surface area (Å²) in [5.41, 5.74) is 13.6. The van der Waals surface area contributed by atoms with Gasteiger partial charge >= 0.3 is 0 Å². The summed E-state index contributed by atoms with van der Waals surface area (Å²) in [5.74, 6) is 0. The third kappa shape index (κ3) is 4.54. The lowest BCUT2D eigenvalue weighted by Crippen LogP contribution is -2.17. The number of rotatable bonds is 5. The van der Waals surface area contributed by atoms with Gasteiger partial charge in [0.1, 0.15) is 0 Å². The summed E-state index contributed by atoms with van der Waals surface area (Å²) < 4.78 is 0. The van der Waals surface area contributed by atoms with E-state index < -0.39 is 0 Å². The van der Waals surface area contributed by atoms with Gasteiger partial charge in [0, 0.05) is 22.1 Å². The zero-order chi connectivity index (χ0) is 32.2. The molecule has 228 valence electrons. The van der Waals surface area contributed by atoms with E-state index in [-0.39, 0.29) is 5.41 Å². The average Bonchev–Trinajstić information content (AvgIpc) is 3.37. The Morgan fingerprint density at radius 1 is 0.375 bits per heavy atom. The molecule has 8 aromatic rings. The van der Waals surface area contributed by atoms with Crippen molar-refractivity contribution in [2.45, 2.75) is 19.3 Å². The molecule has 0 unspecified atom stereocenters. The van der Waals surface area contributed by atoms with Gasteiger partial charge in [0.15, 0.2) is 0 Å². The predicted octanol–water partition coefficient (Wildman–Crippen LogP) is 13.1. The molecule has 1 aliphatic rings. The van der Waals surface area contributed by atoms with Crippen molar-refractivity contribution in [3.8, 4) is 33.4 Å². The van der Waals surface area contributed by atoms with Crippen LogP contribution in [-0.4, -0.2) is 0 Å². The molecule has 0 bridgehead atoms. The fourth-order valence-corrected chi connectivity index (χ4v) is 7.75. The minimum atomic E-state index is -0.170. The lowest BCUT2D eigenvalue weighted by Gasteiger charge is -2.30. The van der Waals surface area contributed by atoms with Crippen molar-refractivity contribution in [2.75, 3.05) is 4.90 Å². The van der Waals surface area contributed by atoms with Gasteiger partial charge < -0.3 is 4.90 Å². The van der Waals surface area contributed by atoms with Crippen LogP contribution in [0, 0.1) is 0 Å². The second-order valence-electron chi connectivity index (χ2n) is 13.4. The fourth-order valence-electron chi connectivity index (χ4n) is 7.75. The Balaban J connectivity index is 1.21. The molecule has 1 nitrogen and oxygen atoms in total. The van der Waals surface area contributed by atoms with Gasteiger partial charge in [-0.25, -0.2) is 0 Å². The van der Waals surface area contributed by atoms with Gasteiger partial charge in [-0.2, -0.15) is 0 Å². The Labute approximate surface area is 282 Å². The molecule has 0 aliphatic heterocycles. The van der Waals surface area contributed by atoms with Crippen LogP contribution in [0.25, 0.3) is 54.9 Å². The van der Waals surface area contributed by atoms with E-state index in [0.29, 0.717) is 0 Å². The quantitative estimate of drug-likeness (QED) is 0.187. The molecule has 48 heavy (non-hydrogen) atoms. The van der Waals surface area contributed by atoms with Crippen molar-refractivity contribution in [3.05, 3.63) is 187 Å². The number of hydrogen-bond acceptors (Lipinski definition) is 1. The standard InChI is InChI=1S/C47H35N/c1-47(2)43-30-37(36-24-23-32-13-6-7-17-35(32)29-36)25-27-41(43)42-28-26-38(31-44(42)47)48(46-22-12-18-34-16-8-9-19-40(34)46)45-21-11-10-20-39(45)33-14-4-3-5-15-33/h3-31H,1-2H3. The molecule has 0 radical (unpaired) electrons. The molecule has 9 rings (SSSR count). The van der Waals surface area contributed by atoms with Crippen LogP contribution >= 0.6 is 0 Å². The maximum Gasteiger partial charge on any atom is 0.0540 e. The molecular formula is C47H35N. The summed E-state index contributed by atoms with van der Waals surface area (Å²) in [6.45, 7) is 4.76. The first-order valence-electron chi connectivity index (χ1n) is 16.8. The maximum atomic E-state index is 2.46. The van der Waals surface area contributed by atoms with Crippen molar-refractivity contribution < 1.29 is 0 Å². The van der Waals surface area contributed by atoms with E-state index in [4.69, 9.17) is 0 Å². The zero-order valence-corrected chi connectivity index (χ0v) is 27.2. The van der Waals surface area contributed by atoms with Crippen LogP contribution < -0.4 is 4.90 Å². The minimum Gasteiger partial charge on any atom is -0.309 e. The van der Waals surface area contributed by atoms with Gasteiger partial charge in [0.2, 0.25) is 0 Å². The molecule has 0 spiro atoms. The molecular weight excluding hydrogens is 579 g/mol. The number of para-hydroxylation sites is 1. The van der Waals surface area contributed by atoms with Crippen LogP contribution in [-0.2, 0) is 5.41 Å². The number of hydrogen-bond donors (Lipinski definition) is 0. The third-order valence-electron chi connectivity index (χ3n) is 10.2. The molecule has 0 heterocycles. The first-order valence-corrected chi connectivity index (χ1v) is 16.8. The van der Waals surface area contributed by atoms with Crippen molar-refractivity contribution in [1.82, 2.24) is 0 Å². The number of benzene rings is 8. The highest BCUT2D eigenvalue weighted by atomic mass is 15.1. The Morgan fingerprint density at radius 2 is 0.979 bits per heavy atom. The number of nitrogens with zero attached hydrogens (tertiary/aromatic N) is 1. The van der Waals surface area contributed by atoms with Gasteiger partial charge in [-0.1, -0.05) is 153 Å². The highest BCUT2D eigenvalue weighted by Gasteiger charge is 2.36. The summed E-state index contributed by atoms with van der Waals surface area (Å²) >= 11 is 0. The van der Waals surface area contributed by atoms with Gasteiger partial charge in [0.05, 0.1) is 11.4 Å². The Morgan fingerprint density at radius 3 is 1.83 bits per heavy atom. The van der Waals surface area contributed by atoms with E-state index in [0.717, 1.165) is 11.4 Å². The number of anilines is 3. The molecule has 0 atom stereocenters. The minimum absolute atomic E-state index is 0.170. The first kappa shape index (κ1) is 28.3. The summed E-state index contributed by atoms with van der Waals surface area (Å²) in [4.78, 5) is 2.46. The van der Waals surface area contributed by atoms with Crippen LogP contribution in [0.15, 0.2) is 176 Å². The molecule has 0 N–H and O–H groups in total. The van der Waals surface area contributed by atoms with Gasteiger partial charge in [0.25, 0.3) is 0 Å². The molecule has 1 aliphatic carbocycles. The summed E-state index contributed by atoms with van der Waals surface area (Å²) in [7, 11) is 0. The van der Waals surface area contributed by atoms with Crippen molar-refractivity contribution in [3.63, 3.8) is 0 Å². The lowest BCUT2D eigenvalue weighted by atomic mass is 9.81. The second kappa shape index (κ2) is 11.1. The Bertz CT molecular complexity index is 2480. The molecule has 0 saturated carbocycles. The topological polar surface area (TPSA) is 3.24 Å². The van der Waals surface area contributed by atoms with E-state index in [9.17, 15) is 0 Å². The molecule has 8 aromatic carbocycles. The fraction of sp³-hybridized carbons (Fsp3) is 0.0638. The summed E-state index contributed by atoms with van der Waals surface area (Å²) in [6.07, 6.45) is 0. The van der Waals surface area contributed by atoms with Crippen molar-refractivity contribution in [2.24, 2.45) is 0 Å². The summed E-state index contributed by atoms with van der Waals surface area (Å²) in [6, 6.07) is 64.4. The van der Waals surface area contributed by atoms with E-state index >= 15 is 0 Å². The predicted molar refractivity (Wildman–Crippen MR) is 205 cm³/mol. The van der Waals surface area contributed by atoms with Gasteiger partial charge in [-0.3, -0.25) is 0 Å². The monoisotopic (exact) mass is 613 g/mol. The molecule has 0 amide bonds. The highest BCUT2D eigenvalue weighted by Crippen LogP contribution is 2.52. The zero-order valence-electron chi connectivity index (χ0n) is 27.2. The van der Waals surface area contributed by atoms with Crippen LogP contribution in [0.2, 0.25) is 0 Å². The molecule has 0 saturated heterocycles. The average molecular weight is 614 g/mol. The van der Waals surface area contributed by atoms with Gasteiger partial charge in [-0.15, -0.1) is 0 Å². The Kier molecular flexibility index (Phi) is 6.55. The van der Waals surface area contributed by atoms with Crippen LogP contribution in [0.4, 0.5) is 17.1 Å². The molecule has 1 heteroatoms. The smallest absolute Gasteiger partial charge is 0.0540 e. The Hall–Kier alpha value is -5.92. The van der Waals surface area contributed by atoms with Crippen LogP contribution in [0.1, 0.15) is 25.0 Å². The van der Waals surface area contributed by atoms with Crippen molar-refractivity contribution >= 4 is 38.6 Å². The van der Waals surface area contributed by atoms with Gasteiger partial charge in [-0.05, 0) is 91.5 Å². The van der Waals surface area contributed by atoms with Crippen LogP contribution in [0.5, 0.6) is 0 Å². The number of fused-ring (bicyclic) bond motifs is 5. The highest BCUT2D eigenvalue weighted by molar-refractivity contribution is 6.01. The normalized spacial score (nSPS) is 13.0. The SMILES string of the molecule is CC1(C)c2cc(-c3ccc4ccccc4c3)ccc2-c2ccc(N(c3ccccc3-c3ccccc3)c3cccc4ccccc34)cc21. The van der Waals surface area contributed by atoms with E-state index in [1.54, 1.807) is 0 Å². The molecule has 0 fully saturated rings. The summed E-state index contributed by atoms with van der Waals surface area (Å²) in [5, 5.41) is 5.00. The van der Waals surface area contributed by atoms with E-state index in [2.05, 4.69) is 195 Å². The third-order valence-corrected chi connectivity index (χ3v) is 10.2.